The predicted molar refractivity (Wildman–Crippen MR) is 83.8 cm³/mol. The largest absolute Gasteiger partial charge is 0.483 e. The minimum atomic E-state index is -0.494. The minimum Gasteiger partial charge on any atom is -0.483 e. The molecule has 1 aromatic carbocycles. The summed E-state index contributed by atoms with van der Waals surface area (Å²) in [7, 11) is 1.28. The van der Waals surface area contributed by atoms with Crippen molar-refractivity contribution in [3.8, 4) is 5.75 Å². The zero-order chi connectivity index (χ0) is 16.1. The second-order valence-electron chi connectivity index (χ2n) is 4.27. The van der Waals surface area contributed by atoms with Crippen LogP contribution in [0, 0.1) is 6.92 Å². The van der Waals surface area contributed by atoms with E-state index in [2.05, 4.69) is 15.0 Å². The Hall–Kier alpha value is -2.12. The molecule has 0 radical (unpaired) electrons. The molecule has 0 unspecified atom stereocenters. The summed E-state index contributed by atoms with van der Waals surface area (Å²) in [5.74, 6) is -0.292. The Kier molecular flexibility index (Phi) is 5.35. The van der Waals surface area contributed by atoms with Crippen molar-refractivity contribution in [3.63, 3.8) is 0 Å². The van der Waals surface area contributed by atoms with E-state index < -0.39 is 5.97 Å². The lowest BCUT2D eigenvalue weighted by molar-refractivity contribution is -0.118. The van der Waals surface area contributed by atoms with Crippen LogP contribution in [-0.2, 0) is 9.53 Å². The van der Waals surface area contributed by atoms with Crippen molar-refractivity contribution in [2.24, 2.45) is 0 Å². The molecule has 0 bridgehead atoms. The molecular weight excluding hydrogens is 328 g/mol. The number of halogens is 1. The van der Waals surface area contributed by atoms with E-state index in [1.54, 1.807) is 18.2 Å². The monoisotopic (exact) mass is 340 g/mol. The standard InChI is InChI=1S/C14H13ClN2O4S/c1-8-5-9(15)3-4-10(8)21-7-12(18)17-14-16-6-11(22-14)13(19)20-2/h3-6H,7H2,1-2H3,(H,16,17,18). The van der Waals surface area contributed by atoms with Gasteiger partial charge in [0.2, 0.25) is 0 Å². The van der Waals surface area contributed by atoms with Crippen LogP contribution in [0.2, 0.25) is 5.02 Å². The number of nitrogens with zero attached hydrogens (tertiary/aromatic N) is 1. The Morgan fingerprint density at radius 1 is 1.41 bits per heavy atom. The third-order valence-electron chi connectivity index (χ3n) is 2.63. The zero-order valence-corrected chi connectivity index (χ0v) is 13.5. The van der Waals surface area contributed by atoms with Gasteiger partial charge in [0, 0.05) is 5.02 Å². The van der Waals surface area contributed by atoms with E-state index in [-0.39, 0.29) is 12.5 Å². The van der Waals surface area contributed by atoms with Crippen molar-refractivity contribution in [2.75, 3.05) is 19.0 Å². The van der Waals surface area contributed by atoms with E-state index in [1.165, 1.54) is 13.3 Å². The second-order valence-corrected chi connectivity index (χ2v) is 5.74. The lowest BCUT2D eigenvalue weighted by Crippen LogP contribution is -2.20. The first-order valence-electron chi connectivity index (χ1n) is 6.22. The third-order valence-corrected chi connectivity index (χ3v) is 3.76. The Morgan fingerprint density at radius 3 is 2.86 bits per heavy atom. The number of aromatic nitrogens is 1. The molecule has 2 aromatic rings. The number of ether oxygens (including phenoxy) is 2. The summed E-state index contributed by atoms with van der Waals surface area (Å²) in [4.78, 5) is 27.3. The van der Waals surface area contributed by atoms with Gasteiger partial charge in [-0.05, 0) is 30.7 Å². The topological polar surface area (TPSA) is 77.5 Å². The van der Waals surface area contributed by atoms with Gasteiger partial charge >= 0.3 is 5.97 Å². The SMILES string of the molecule is COC(=O)c1cnc(NC(=O)COc2ccc(Cl)cc2C)s1. The van der Waals surface area contributed by atoms with E-state index in [0.29, 0.717) is 20.8 Å². The van der Waals surface area contributed by atoms with Crippen LogP contribution in [0.3, 0.4) is 0 Å². The highest BCUT2D eigenvalue weighted by molar-refractivity contribution is 7.17. The molecule has 0 fully saturated rings. The number of anilines is 1. The van der Waals surface area contributed by atoms with Gasteiger partial charge in [-0.25, -0.2) is 9.78 Å². The molecule has 0 aliphatic carbocycles. The molecule has 2 rings (SSSR count). The fourth-order valence-electron chi connectivity index (χ4n) is 1.60. The highest BCUT2D eigenvalue weighted by atomic mass is 35.5. The van der Waals surface area contributed by atoms with Crippen LogP contribution in [0.5, 0.6) is 5.75 Å². The number of methoxy groups -OCH3 is 1. The molecule has 0 aliphatic rings. The molecule has 22 heavy (non-hydrogen) atoms. The first-order chi connectivity index (χ1) is 10.5. The number of aryl methyl sites for hydroxylation is 1. The van der Waals surface area contributed by atoms with Crippen LogP contribution in [0.25, 0.3) is 0 Å². The minimum absolute atomic E-state index is 0.171. The maximum Gasteiger partial charge on any atom is 0.349 e. The fourth-order valence-corrected chi connectivity index (χ4v) is 2.58. The van der Waals surface area contributed by atoms with Gasteiger partial charge in [-0.2, -0.15) is 0 Å². The summed E-state index contributed by atoms with van der Waals surface area (Å²) in [6.07, 6.45) is 1.34. The van der Waals surface area contributed by atoms with Gasteiger partial charge in [0.1, 0.15) is 10.6 Å². The van der Waals surface area contributed by atoms with Crippen molar-refractivity contribution in [2.45, 2.75) is 6.92 Å². The summed E-state index contributed by atoms with van der Waals surface area (Å²) in [5, 5.41) is 3.46. The van der Waals surface area contributed by atoms with E-state index in [1.807, 2.05) is 6.92 Å². The molecule has 8 heteroatoms. The summed E-state index contributed by atoms with van der Waals surface area (Å²) in [6.45, 7) is 1.66. The smallest absolute Gasteiger partial charge is 0.349 e. The van der Waals surface area contributed by atoms with Crippen LogP contribution >= 0.6 is 22.9 Å². The van der Waals surface area contributed by atoms with E-state index in [9.17, 15) is 9.59 Å². The number of amides is 1. The third kappa shape index (κ3) is 4.19. The summed E-state index contributed by atoms with van der Waals surface area (Å²) in [6, 6.07) is 5.13. The summed E-state index contributed by atoms with van der Waals surface area (Å²) in [5.41, 5.74) is 0.836. The molecule has 0 atom stereocenters. The number of hydrogen-bond acceptors (Lipinski definition) is 6. The van der Waals surface area contributed by atoms with Crippen LogP contribution in [0.1, 0.15) is 15.2 Å². The molecule has 0 saturated carbocycles. The maximum absolute atomic E-state index is 11.8. The number of carbonyl (C=O) groups excluding carboxylic acids is 2. The number of nitrogens with one attached hydrogen (secondary N) is 1. The van der Waals surface area contributed by atoms with Crippen LogP contribution in [0.15, 0.2) is 24.4 Å². The van der Waals surface area contributed by atoms with Gasteiger partial charge in [0.25, 0.3) is 5.91 Å². The number of carbonyl (C=O) groups is 2. The van der Waals surface area contributed by atoms with Crippen molar-refractivity contribution >= 4 is 39.9 Å². The lowest BCUT2D eigenvalue weighted by Gasteiger charge is -2.08. The van der Waals surface area contributed by atoms with Crippen molar-refractivity contribution < 1.29 is 19.1 Å². The molecule has 0 saturated heterocycles. The highest BCUT2D eigenvalue weighted by Crippen LogP contribution is 2.22. The van der Waals surface area contributed by atoms with E-state index in [4.69, 9.17) is 16.3 Å². The van der Waals surface area contributed by atoms with Gasteiger partial charge in [0.05, 0.1) is 13.3 Å². The van der Waals surface area contributed by atoms with Crippen LogP contribution in [-0.4, -0.2) is 30.6 Å². The van der Waals surface area contributed by atoms with E-state index in [0.717, 1.165) is 16.9 Å². The number of esters is 1. The average molecular weight is 341 g/mol. The van der Waals surface area contributed by atoms with Gasteiger partial charge in [-0.3, -0.25) is 10.1 Å². The average Bonchev–Trinajstić information content (AvgIpc) is 2.94. The lowest BCUT2D eigenvalue weighted by atomic mass is 10.2. The Morgan fingerprint density at radius 2 is 2.18 bits per heavy atom. The molecule has 116 valence electrons. The molecular formula is C14H13ClN2O4S. The zero-order valence-electron chi connectivity index (χ0n) is 11.9. The van der Waals surface area contributed by atoms with Crippen LogP contribution in [0.4, 0.5) is 5.13 Å². The number of rotatable bonds is 5. The van der Waals surface area contributed by atoms with Gasteiger partial charge in [-0.15, -0.1) is 0 Å². The molecule has 0 spiro atoms. The Labute approximate surface area is 136 Å². The second kappa shape index (κ2) is 7.24. The van der Waals surface area contributed by atoms with Crippen molar-refractivity contribution in [1.82, 2.24) is 4.98 Å². The number of hydrogen-bond donors (Lipinski definition) is 1. The first kappa shape index (κ1) is 16.3. The van der Waals surface area contributed by atoms with Gasteiger partial charge in [0.15, 0.2) is 11.7 Å². The molecule has 1 aromatic heterocycles. The van der Waals surface area contributed by atoms with Gasteiger partial charge < -0.3 is 9.47 Å². The Bertz CT molecular complexity index is 702. The number of benzene rings is 1. The summed E-state index contributed by atoms with van der Waals surface area (Å²) >= 11 is 6.88. The fraction of sp³-hybridized carbons (Fsp3) is 0.214. The summed E-state index contributed by atoms with van der Waals surface area (Å²) < 4.78 is 9.98. The molecule has 6 nitrogen and oxygen atoms in total. The maximum atomic E-state index is 11.8. The first-order valence-corrected chi connectivity index (χ1v) is 7.42. The van der Waals surface area contributed by atoms with Crippen molar-refractivity contribution in [3.05, 3.63) is 39.9 Å². The van der Waals surface area contributed by atoms with Crippen LogP contribution < -0.4 is 10.1 Å². The molecule has 1 N–H and O–H groups in total. The molecule has 0 aliphatic heterocycles. The quantitative estimate of drug-likeness (QED) is 0.847. The van der Waals surface area contributed by atoms with Crippen molar-refractivity contribution in [1.29, 1.82) is 0 Å². The Balaban J connectivity index is 1.90. The normalized spacial score (nSPS) is 10.1. The number of thiazole rings is 1. The molecule has 1 amide bonds. The predicted octanol–water partition coefficient (Wildman–Crippen LogP) is 2.91. The highest BCUT2D eigenvalue weighted by Gasteiger charge is 2.13. The van der Waals surface area contributed by atoms with Gasteiger partial charge in [-0.1, -0.05) is 22.9 Å². The molecule has 1 heterocycles. The van der Waals surface area contributed by atoms with E-state index >= 15 is 0 Å².